The molecule has 140 valence electrons. The van der Waals surface area contributed by atoms with Crippen LogP contribution in [0.25, 0.3) is 0 Å². The van der Waals surface area contributed by atoms with Gasteiger partial charge in [-0.1, -0.05) is 24.3 Å². The normalized spacial score (nSPS) is 28.7. The second kappa shape index (κ2) is 8.37. The molecule has 1 aliphatic heterocycles. The first-order valence-corrected chi connectivity index (χ1v) is 9.40. The Morgan fingerprint density at radius 3 is 2.50 bits per heavy atom. The van der Waals surface area contributed by atoms with E-state index in [0.717, 1.165) is 28.6 Å². The molecule has 6 nitrogen and oxygen atoms in total. The van der Waals surface area contributed by atoms with Crippen molar-refractivity contribution in [2.24, 2.45) is 0 Å². The lowest BCUT2D eigenvalue weighted by molar-refractivity contribution is -0.0910. The summed E-state index contributed by atoms with van der Waals surface area (Å²) in [6.45, 7) is 1.66. The number of aliphatic hydroxyl groups excluding tert-OH is 4. The van der Waals surface area contributed by atoms with Crippen LogP contribution in [0, 0.1) is 6.92 Å². The van der Waals surface area contributed by atoms with Crippen LogP contribution in [0.15, 0.2) is 42.6 Å². The van der Waals surface area contributed by atoms with Gasteiger partial charge in [0.25, 0.3) is 0 Å². The second-order valence-electron chi connectivity index (χ2n) is 6.43. The van der Waals surface area contributed by atoms with E-state index in [1.54, 1.807) is 6.07 Å². The van der Waals surface area contributed by atoms with Gasteiger partial charge >= 0.3 is 0 Å². The van der Waals surface area contributed by atoms with Gasteiger partial charge in [0.15, 0.2) is 5.44 Å². The molecule has 0 bridgehead atoms. The third-order valence-corrected chi connectivity index (χ3v) is 5.83. The smallest absolute Gasteiger partial charge is 0.173 e. The number of ether oxygens (including phenoxy) is 1. The largest absolute Gasteiger partial charge is 0.477 e. The topological polar surface area (TPSA) is 103 Å². The number of aryl methyl sites for hydroxylation is 1. The fraction of sp³-hybridized carbons (Fsp3) is 0.421. The molecule has 1 aromatic carbocycles. The Bertz CT molecular complexity index is 724. The van der Waals surface area contributed by atoms with E-state index in [2.05, 4.69) is 4.98 Å². The Morgan fingerprint density at radius 1 is 1.04 bits per heavy atom. The van der Waals surface area contributed by atoms with Gasteiger partial charge in [0.05, 0.1) is 18.0 Å². The summed E-state index contributed by atoms with van der Waals surface area (Å²) in [5, 5.41) is 38.9. The summed E-state index contributed by atoms with van der Waals surface area (Å²) in [5.41, 5.74) is 2.09. The van der Waals surface area contributed by atoms with Crippen LogP contribution in [-0.2, 0) is 6.42 Å². The maximum Gasteiger partial charge on any atom is 0.173 e. The Labute approximate surface area is 156 Å². The van der Waals surface area contributed by atoms with Crippen LogP contribution in [0.1, 0.15) is 16.8 Å². The van der Waals surface area contributed by atoms with Gasteiger partial charge in [-0.3, -0.25) is 4.98 Å². The average molecular weight is 377 g/mol. The van der Waals surface area contributed by atoms with Gasteiger partial charge in [0, 0.05) is 23.9 Å². The van der Waals surface area contributed by atoms with Crippen LogP contribution in [0.2, 0.25) is 0 Å². The molecule has 2 aromatic rings. The number of benzene rings is 1. The van der Waals surface area contributed by atoms with Crippen LogP contribution >= 0.6 is 11.8 Å². The van der Waals surface area contributed by atoms with Crippen molar-refractivity contribution in [1.29, 1.82) is 0 Å². The van der Waals surface area contributed by atoms with Gasteiger partial charge in [-0.05, 0) is 24.6 Å². The van der Waals surface area contributed by atoms with Gasteiger partial charge in [-0.15, -0.1) is 11.8 Å². The average Bonchev–Trinajstić information content (AvgIpc) is 2.65. The predicted octanol–water partition coefficient (Wildman–Crippen LogP) is 0.876. The number of hydrogen-bond donors (Lipinski definition) is 4. The van der Waals surface area contributed by atoms with E-state index in [4.69, 9.17) is 4.74 Å². The highest BCUT2D eigenvalue weighted by Gasteiger charge is 2.44. The second-order valence-corrected chi connectivity index (χ2v) is 7.77. The Morgan fingerprint density at radius 2 is 1.81 bits per heavy atom. The molecule has 0 saturated carbocycles. The van der Waals surface area contributed by atoms with Gasteiger partial charge in [-0.25, -0.2) is 0 Å². The van der Waals surface area contributed by atoms with Crippen molar-refractivity contribution in [2.75, 3.05) is 6.61 Å². The van der Waals surface area contributed by atoms with E-state index in [0.29, 0.717) is 12.2 Å². The van der Waals surface area contributed by atoms with Crippen molar-refractivity contribution in [2.45, 2.75) is 42.3 Å². The molecular formula is C19H23NO5S. The number of thioether (sulfide) groups is 1. The molecule has 3 rings (SSSR count). The molecule has 0 radical (unpaired) electrons. The monoisotopic (exact) mass is 377 g/mol. The number of aromatic nitrogens is 1. The summed E-state index contributed by atoms with van der Waals surface area (Å²) in [7, 11) is 0. The summed E-state index contributed by atoms with van der Waals surface area (Å²) in [5.74, 6) is 0.576. The van der Waals surface area contributed by atoms with Crippen molar-refractivity contribution >= 4 is 11.8 Å². The third-order valence-electron chi connectivity index (χ3n) is 4.41. The lowest BCUT2D eigenvalue weighted by atomic mass is 10.0. The third kappa shape index (κ3) is 4.19. The summed E-state index contributed by atoms with van der Waals surface area (Å²) in [6.07, 6.45) is -1.46. The molecule has 26 heavy (non-hydrogen) atoms. The molecule has 1 aromatic heterocycles. The predicted molar refractivity (Wildman–Crippen MR) is 99.1 cm³/mol. The number of para-hydroxylation sites is 1. The lowest BCUT2D eigenvalue weighted by Gasteiger charge is -2.39. The lowest BCUT2D eigenvalue weighted by Crippen LogP contribution is -2.55. The molecule has 0 amide bonds. The minimum absolute atomic E-state index is 0.315. The van der Waals surface area contributed by atoms with Crippen molar-refractivity contribution in [3.05, 3.63) is 59.4 Å². The van der Waals surface area contributed by atoms with E-state index in [1.807, 2.05) is 43.5 Å². The molecule has 0 unspecified atom stereocenters. The molecule has 5 atom stereocenters. The molecule has 1 fully saturated rings. The van der Waals surface area contributed by atoms with E-state index in [-0.39, 0.29) is 6.61 Å². The molecule has 2 heterocycles. The zero-order chi connectivity index (χ0) is 18.7. The van der Waals surface area contributed by atoms with Crippen molar-refractivity contribution < 1.29 is 25.2 Å². The van der Waals surface area contributed by atoms with Crippen molar-refractivity contribution in [3.8, 4) is 5.75 Å². The van der Waals surface area contributed by atoms with Gasteiger partial charge < -0.3 is 25.2 Å². The summed E-state index contributed by atoms with van der Waals surface area (Å²) < 4.78 is 5.95. The van der Waals surface area contributed by atoms with Crippen molar-refractivity contribution in [3.63, 3.8) is 0 Å². The molecule has 7 heteroatoms. The Balaban J connectivity index is 1.78. The fourth-order valence-electron chi connectivity index (χ4n) is 2.85. The zero-order valence-electron chi connectivity index (χ0n) is 14.4. The van der Waals surface area contributed by atoms with E-state index >= 15 is 0 Å². The molecular weight excluding hydrogens is 354 g/mol. The first kappa shape index (κ1) is 19.1. The molecule has 4 N–H and O–H groups in total. The summed E-state index contributed by atoms with van der Waals surface area (Å²) >= 11 is 1.12. The number of pyridine rings is 1. The van der Waals surface area contributed by atoms with E-state index < -0.39 is 29.0 Å². The van der Waals surface area contributed by atoms with E-state index in [1.165, 1.54) is 0 Å². The quantitative estimate of drug-likeness (QED) is 0.613. The number of nitrogens with zero attached hydrogens (tertiary/aromatic N) is 1. The van der Waals surface area contributed by atoms with Crippen LogP contribution in [0.4, 0.5) is 0 Å². The number of aliphatic hydroxyl groups is 4. The SMILES string of the molecule is Cc1ccc(Cc2ccccc2O[C@@H]2S[C@H](CO)[C@@H](O)[C@H](O)[C@H]2O)nc1. The van der Waals surface area contributed by atoms with Crippen LogP contribution in [0.3, 0.4) is 0 Å². The van der Waals surface area contributed by atoms with Gasteiger partial charge in [-0.2, -0.15) is 0 Å². The Kier molecular flexibility index (Phi) is 6.16. The first-order chi connectivity index (χ1) is 12.5. The van der Waals surface area contributed by atoms with Gasteiger partial charge in [0.1, 0.15) is 18.0 Å². The van der Waals surface area contributed by atoms with Crippen LogP contribution < -0.4 is 4.74 Å². The fourth-order valence-corrected chi connectivity index (χ4v) is 4.09. The molecule has 0 aliphatic carbocycles. The van der Waals surface area contributed by atoms with Gasteiger partial charge in [0.2, 0.25) is 0 Å². The van der Waals surface area contributed by atoms with Crippen LogP contribution in [-0.4, -0.2) is 61.0 Å². The van der Waals surface area contributed by atoms with Crippen LogP contribution in [0.5, 0.6) is 5.75 Å². The zero-order valence-corrected chi connectivity index (χ0v) is 15.2. The summed E-state index contributed by atoms with van der Waals surface area (Å²) in [6, 6.07) is 11.4. The minimum atomic E-state index is -1.37. The molecule has 0 spiro atoms. The highest BCUT2D eigenvalue weighted by molar-refractivity contribution is 8.00. The minimum Gasteiger partial charge on any atom is -0.477 e. The highest BCUT2D eigenvalue weighted by Crippen LogP contribution is 2.35. The maximum absolute atomic E-state index is 10.2. The van der Waals surface area contributed by atoms with Crippen molar-refractivity contribution in [1.82, 2.24) is 4.98 Å². The number of hydrogen-bond acceptors (Lipinski definition) is 7. The standard InChI is InChI=1S/C19H23NO5S/c1-11-6-7-13(20-9-11)8-12-4-2-3-5-14(12)25-19-18(24)17(23)16(22)15(10-21)26-19/h2-7,9,15-19,21-24H,8,10H2,1H3/t15-,16-,17+,18-,19-/m1/s1. The summed E-state index contributed by atoms with van der Waals surface area (Å²) in [4.78, 5) is 4.41. The maximum atomic E-state index is 10.2. The highest BCUT2D eigenvalue weighted by atomic mass is 32.2. The number of rotatable bonds is 5. The first-order valence-electron chi connectivity index (χ1n) is 8.46. The molecule has 1 aliphatic rings. The molecule has 1 saturated heterocycles. The van der Waals surface area contributed by atoms with E-state index in [9.17, 15) is 20.4 Å². The Hall–Kier alpha value is -1.64.